The van der Waals surface area contributed by atoms with Crippen LogP contribution in [-0.4, -0.2) is 21.6 Å². The number of nitrogens with one attached hydrogen (secondary N) is 1. The predicted octanol–water partition coefficient (Wildman–Crippen LogP) is 5.23. The summed E-state index contributed by atoms with van der Waals surface area (Å²) >= 11 is 1.86. The summed E-state index contributed by atoms with van der Waals surface area (Å²) in [6.45, 7) is 0. The van der Waals surface area contributed by atoms with Gasteiger partial charge in [0.2, 0.25) is 5.91 Å². The van der Waals surface area contributed by atoms with E-state index in [9.17, 15) is 26.7 Å². The van der Waals surface area contributed by atoms with Crippen molar-refractivity contribution >= 4 is 34.7 Å². The first-order valence-electron chi connectivity index (χ1n) is 7.60. The molecule has 2 aromatic heterocycles. The molecule has 2 heterocycles. The number of benzene rings is 1. The molecule has 0 saturated carbocycles. The van der Waals surface area contributed by atoms with Crippen LogP contribution in [0.1, 0.15) is 5.69 Å². The van der Waals surface area contributed by atoms with Crippen molar-refractivity contribution in [2.24, 2.45) is 0 Å². The van der Waals surface area contributed by atoms with Gasteiger partial charge in [0.15, 0.2) is 5.16 Å². The number of rotatable bonds is 5. The Morgan fingerprint density at radius 3 is 2.61 bits per heavy atom. The molecule has 3 rings (SSSR count). The molecule has 0 aliphatic heterocycles. The Bertz CT molecular complexity index is 993. The first kappa shape index (κ1) is 20.2. The second-order valence-corrected chi connectivity index (χ2v) is 7.25. The van der Waals surface area contributed by atoms with Crippen LogP contribution < -0.4 is 5.32 Å². The summed E-state index contributed by atoms with van der Waals surface area (Å²) < 4.78 is 66.0. The van der Waals surface area contributed by atoms with Crippen molar-refractivity contribution in [3.63, 3.8) is 0 Å². The molecule has 0 unspecified atom stereocenters. The maximum Gasteiger partial charge on any atom is 0.433 e. The summed E-state index contributed by atoms with van der Waals surface area (Å²) in [6, 6.07) is 6.65. The number of hydrogen-bond acceptors (Lipinski definition) is 5. The molecule has 11 heteroatoms. The highest BCUT2D eigenvalue weighted by Gasteiger charge is 2.34. The zero-order valence-electron chi connectivity index (χ0n) is 13.8. The molecule has 0 fully saturated rings. The van der Waals surface area contributed by atoms with Crippen molar-refractivity contribution in [1.29, 1.82) is 0 Å². The third kappa shape index (κ3) is 5.04. The van der Waals surface area contributed by atoms with E-state index in [0.29, 0.717) is 16.6 Å². The Kier molecular flexibility index (Phi) is 5.94. The summed E-state index contributed by atoms with van der Waals surface area (Å²) in [5, 5.41) is 3.59. The topological polar surface area (TPSA) is 54.9 Å². The van der Waals surface area contributed by atoms with Crippen molar-refractivity contribution < 1.29 is 26.7 Å². The van der Waals surface area contributed by atoms with Crippen molar-refractivity contribution in [3.8, 4) is 10.6 Å². The van der Waals surface area contributed by atoms with Crippen LogP contribution in [0.5, 0.6) is 0 Å². The van der Waals surface area contributed by atoms with E-state index in [1.54, 1.807) is 17.5 Å². The van der Waals surface area contributed by atoms with E-state index >= 15 is 0 Å². The normalized spacial score (nSPS) is 11.5. The Hall–Kier alpha value is -2.53. The van der Waals surface area contributed by atoms with Crippen LogP contribution in [0.4, 0.5) is 27.6 Å². The molecule has 28 heavy (non-hydrogen) atoms. The summed E-state index contributed by atoms with van der Waals surface area (Å²) in [5.74, 6) is -2.71. The van der Waals surface area contributed by atoms with E-state index in [-0.39, 0.29) is 22.3 Å². The fourth-order valence-electron chi connectivity index (χ4n) is 2.10. The van der Waals surface area contributed by atoms with Crippen LogP contribution in [0, 0.1) is 11.6 Å². The predicted molar refractivity (Wildman–Crippen MR) is 96.1 cm³/mol. The third-order valence-electron chi connectivity index (χ3n) is 3.30. The summed E-state index contributed by atoms with van der Waals surface area (Å²) in [5.41, 5.74) is -1.42. The minimum absolute atomic E-state index is 0.0800. The van der Waals surface area contributed by atoms with Crippen LogP contribution in [-0.2, 0) is 11.0 Å². The first-order chi connectivity index (χ1) is 13.2. The number of amides is 1. The molecule has 0 radical (unpaired) electrons. The number of hydrogen-bond donors (Lipinski definition) is 1. The minimum Gasteiger partial charge on any atom is -0.323 e. The lowest BCUT2D eigenvalue weighted by atomic mass is 10.3. The molecule has 0 atom stereocenters. The molecular formula is C17H10F5N3OS2. The Morgan fingerprint density at radius 2 is 1.93 bits per heavy atom. The number of thiophene rings is 1. The molecule has 4 nitrogen and oxygen atoms in total. The van der Waals surface area contributed by atoms with E-state index in [1.807, 2.05) is 0 Å². The second kappa shape index (κ2) is 8.23. The van der Waals surface area contributed by atoms with Gasteiger partial charge in [-0.2, -0.15) is 13.2 Å². The molecule has 3 aromatic rings. The highest BCUT2D eigenvalue weighted by molar-refractivity contribution is 7.99. The molecule has 0 aliphatic rings. The molecule has 1 amide bonds. The number of alkyl halides is 3. The Labute approximate surface area is 163 Å². The lowest BCUT2D eigenvalue weighted by Crippen LogP contribution is -2.16. The van der Waals surface area contributed by atoms with E-state index < -0.39 is 29.4 Å². The van der Waals surface area contributed by atoms with Gasteiger partial charge in [-0.3, -0.25) is 4.79 Å². The van der Waals surface area contributed by atoms with Crippen LogP contribution in [0.25, 0.3) is 10.6 Å². The zero-order valence-corrected chi connectivity index (χ0v) is 15.4. The number of carbonyl (C=O) groups is 1. The minimum atomic E-state index is -4.68. The summed E-state index contributed by atoms with van der Waals surface area (Å²) in [6.07, 6.45) is -4.68. The third-order valence-corrected chi connectivity index (χ3v) is 5.04. The highest BCUT2D eigenvalue weighted by atomic mass is 32.2. The van der Waals surface area contributed by atoms with Crippen molar-refractivity contribution in [2.45, 2.75) is 11.3 Å². The average Bonchev–Trinajstić information content (AvgIpc) is 3.17. The quantitative estimate of drug-likeness (QED) is 0.341. The van der Waals surface area contributed by atoms with Gasteiger partial charge in [-0.05, 0) is 29.6 Å². The van der Waals surface area contributed by atoms with E-state index in [4.69, 9.17) is 0 Å². The van der Waals surface area contributed by atoms with Crippen molar-refractivity contribution in [1.82, 2.24) is 9.97 Å². The molecule has 146 valence electrons. The fraction of sp³-hybridized carbons (Fsp3) is 0.118. The maximum absolute atomic E-state index is 13.6. The van der Waals surface area contributed by atoms with Gasteiger partial charge in [0, 0.05) is 6.07 Å². The molecule has 0 aliphatic carbocycles. The SMILES string of the molecule is O=C(CSc1nc(-c2cccs2)cc(C(F)(F)F)n1)Nc1cc(F)ccc1F. The number of anilines is 1. The van der Waals surface area contributed by atoms with Crippen LogP contribution >= 0.6 is 23.1 Å². The van der Waals surface area contributed by atoms with Crippen LogP contribution in [0.3, 0.4) is 0 Å². The van der Waals surface area contributed by atoms with E-state index in [0.717, 1.165) is 24.3 Å². The lowest BCUT2D eigenvalue weighted by molar-refractivity contribution is -0.141. The second-order valence-electron chi connectivity index (χ2n) is 5.36. The van der Waals surface area contributed by atoms with Crippen LogP contribution in [0.15, 0.2) is 46.9 Å². The largest absolute Gasteiger partial charge is 0.433 e. The monoisotopic (exact) mass is 431 g/mol. The van der Waals surface area contributed by atoms with Gasteiger partial charge in [-0.25, -0.2) is 18.7 Å². The van der Waals surface area contributed by atoms with Crippen molar-refractivity contribution in [2.75, 3.05) is 11.1 Å². The van der Waals surface area contributed by atoms with Gasteiger partial charge in [0.05, 0.1) is 22.0 Å². The number of carbonyl (C=O) groups excluding carboxylic acids is 1. The molecule has 1 N–H and O–H groups in total. The molecule has 0 saturated heterocycles. The smallest absolute Gasteiger partial charge is 0.323 e. The van der Waals surface area contributed by atoms with Crippen LogP contribution in [0.2, 0.25) is 0 Å². The molecule has 1 aromatic carbocycles. The number of thioether (sulfide) groups is 1. The zero-order chi connectivity index (χ0) is 20.3. The molecule has 0 spiro atoms. The van der Waals surface area contributed by atoms with Crippen molar-refractivity contribution in [3.05, 3.63) is 59.1 Å². The molecular weight excluding hydrogens is 421 g/mol. The number of halogens is 5. The Morgan fingerprint density at radius 1 is 1.14 bits per heavy atom. The summed E-state index contributed by atoms with van der Waals surface area (Å²) in [4.78, 5) is 20.0. The maximum atomic E-state index is 13.6. The number of nitrogens with zero attached hydrogens (tertiary/aromatic N) is 2. The summed E-state index contributed by atoms with van der Waals surface area (Å²) in [7, 11) is 0. The van der Waals surface area contributed by atoms with Gasteiger partial charge in [0.25, 0.3) is 0 Å². The fourth-order valence-corrected chi connectivity index (χ4v) is 3.44. The Balaban J connectivity index is 1.77. The lowest BCUT2D eigenvalue weighted by Gasteiger charge is -2.10. The van der Waals surface area contributed by atoms with Gasteiger partial charge in [-0.15, -0.1) is 11.3 Å². The van der Waals surface area contributed by atoms with E-state index in [1.165, 1.54) is 11.3 Å². The van der Waals surface area contributed by atoms with E-state index in [2.05, 4.69) is 15.3 Å². The van der Waals surface area contributed by atoms with Gasteiger partial charge in [0.1, 0.15) is 17.3 Å². The van der Waals surface area contributed by atoms with Gasteiger partial charge >= 0.3 is 6.18 Å². The number of aromatic nitrogens is 2. The van der Waals surface area contributed by atoms with Gasteiger partial charge < -0.3 is 5.32 Å². The standard InChI is InChI=1S/C17H10F5N3OS2/c18-9-3-4-10(19)11(6-9)23-15(26)8-28-16-24-12(13-2-1-5-27-13)7-14(25-16)17(20,21)22/h1-7H,8H2,(H,23,26). The van der Waals surface area contributed by atoms with Gasteiger partial charge in [-0.1, -0.05) is 17.8 Å². The highest BCUT2D eigenvalue weighted by Crippen LogP contribution is 2.33. The first-order valence-corrected chi connectivity index (χ1v) is 9.47. The molecule has 0 bridgehead atoms. The average molecular weight is 431 g/mol.